The van der Waals surface area contributed by atoms with Crippen LogP contribution in [-0.4, -0.2) is 30.6 Å². The van der Waals surface area contributed by atoms with Crippen molar-refractivity contribution in [2.75, 3.05) is 20.1 Å². The van der Waals surface area contributed by atoms with Gasteiger partial charge in [0.1, 0.15) is 0 Å². The molecular weight excluding hydrogens is 244 g/mol. The van der Waals surface area contributed by atoms with Gasteiger partial charge in [0.05, 0.1) is 0 Å². The molecule has 0 radical (unpaired) electrons. The smallest absolute Gasteiger partial charge is 0.0328 e. The average molecular weight is 283 g/mol. The summed E-state index contributed by atoms with van der Waals surface area (Å²) in [5, 5.41) is 0. The maximum atomic E-state index is 6.15. The summed E-state index contributed by atoms with van der Waals surface area (Å²) in [5.41, 5.74) is 6.47. The molecule has 0 aliphatic heterocycles. The Kier molecular flexibility index (Phi) is 9.54. The van der Waals surface area contributed by atoms with Gasteiger partial charge in [-0.05, 0) is 32.9 Å². The highest BCUT2D eigenvalue weighted by Gasteiger charge is 2.33. The first-order valence-electron chi connectivity index (χ1n) is 9.16. The number of rotatable bonds is 10. The zero-order chi connectivity index (χ0) is 14.7. The van der Waals surface area contributed by atoms with E-state index in [9.17, 15) is 0 Å². The third-order valence-corrected chi connectivity index (χ3v) is 5.32. The fraction of sp³-hybridized carbons (Fsp3) is 1.00. The van der Waals surface area contributed by atoms with E-state index in [4.69, 9.17) is 5.73 Å². The minimum atomic E-state index is 0.318. The molecule has 1 fully saturated rings. The van der Waals surface area contributed by atoms with Crippen LogP contribution in [0.5, 0.6) is 0 Å². The number of nitrogens with zero attached hydrogens (tertiary/aromatic N) is 1. The van der Waals surface area contributed by atoms with Gasteiger partial charge in [-0.25, -0.2) is 0 Å². The van der Waals surface area contributed by atoms with Crippen molar-refractivity contribution in [1.29, 1.82) is 0 Å². The summed E-state index contributed by atoms with van der Waals surface area (Å²) in [4.78, 5) is 2.60. The second-order valence-corrected chi connectivity index (χ2v) is 6.89. The minimum Gasteiger partial charge on any atom is -0.329 e. The molecule has 0 aromatic carbocycles. The molecule has 1 aliphatic carbocycles. The molecule has 0 aromatic rings. The fourth-order valence-corrected chi connectivity index (χ4v) is 3.67. The van der Waals surface area contributed by atoms with Gasteiger partial charge >= 0.3 is 0 Å². The molecular formula is C18H38N2. The van der Waals surface area contributed by atoms with Crippen LogP contribution in [0, 0.1) is 0 Å². The Labute approximate surface area is 127 Å². The van der Waals surface area contributed by atoms with Crippen molar-refractivity contribution in [2.45, 2.75) is 95.9 Å². The van der Waals surface area contributed by atoms with Crippen LogP contribution in [0.25, 0.3) is 0 Å². The van der Waals surface area contributed by atoms with Gasteiger partial charge in [-0.2, -0.15) is 0 Å². The van der Waals surface area contributed by atoms with E-state index in [0.717, 1.165) is 6.54 Å². The Bertz CT molecular complexity index is 219. The quantitative estimate of drug-likeness (QED) is 0.464. The number of unbranched alkanes of at least 4 members (excludes halogenated alkanes) is 6. The predicted molar refractivity (Wildman–Crippen MR) is 90.1 cm³/mol. The van der Waals surface area contributed by atoms with Gasteiger partial charge in [-0.1, -0.05) is 71.1 Å². The summed E-state index contributed by atoms with van der Waals surface area (Å²) in [6.45, 7) is 4.37. The van der Waals surface area contributed by atoms with Crippen LogP contribution >= 0.6 is 0 Å². The first kappa shape index (κ1) is 18.0. The fourth-order valence-electron chi connectivity index (χ4n) is 3.67. The average Bonchev–Trinajstić information content (AvgIpc) is 2.72. The summed E-state index contributed by atoms with van der Waals surface area (Å²) < 4.78 is 0. The SMILES string of the molecule is CCCCCCCCCN(C)C1(CN)CCCCCC1. The van der Waals surface area contributed by atoms with Crippen molar-refractivity contribution in [1.82, 2.24) is 4.90 Å². The molecule has 0 atom stereocenters. The molecule has 0 unspecified atom stereocenters. The number of hydrogen-bond acceptors (Lipinski definition) is 2. The molecule has 1 saturated carbocycles. The molecule has 0 heterocycles. The lowest BCUT2D eigenvalue weighted by molar-refractivity contribution is 0.105. The van der Waals surface area contributed by atoms with E-state index in [2.05, 4.69) is 18.9 Å². The summed E-state index contributed by atoms with van der Waals surface area (Å²) in [6.07, 6.45) is 18.0. The third-order valence-electron chi connectivity index (χ3n) is 5.32. The van der Waals surface area contributed by atoms with E-state index < -0.39 is 0 Å². The standard InChI is InChI=1S/C18H38N2/c1-3-4-5-6-7-10-13-16-20(2)18(17-19)14-11-8-9-12-15-18/h3-17,19H2,1-2H3. The number of nitrogens with two attached hydrogens (primary N) is 1. The highest BCUT2D eigenvalue weighted by atomic mass is 15.2. The molecule has 2 nitrogen and oxygen atoms in total. The van der Waals surface area contributed by atoms with Crippen LogP contribution in [0.1, 0.15) is 90.4 Å². The van der Waals surface area contributed by atoms with Gasteiger partial charge in [0.2, 0.25) is 0 Å². The van der Waals surface area contributed by atoms with E-state index in [1.165, 1.54) is 90.0 Å². The zero-order valence-electron chi connectivity index (χ0n) is 14.1. The lowest BCUT2D eigenvalue weighted by Crippen LogP contribution is -2.52. The zero-order valence-corrected chi connectivity index (χ0v) is 14.1. The molecule has 0 saturated heterocycles. The van der Waals surface area contributed by atoms with Crippen molar-refractivity contribution in [2.24, 2.45) is 5.73 Å². The van der Waals surface area contributed by atoms with Crippen molar-refractivity contribution in [3.05, 3.63) is 0 Å². The van der Waals surface area contributed by atoms with Crippen LogP contribution in [0.2, 0.25) is 0 Å². The summed E-state index contributed by atoms with van der Waals surface area (Å²) in [6, 6.07) is 0. The maximum Gasteiger partial charge on any atom is 0.0328 e. The highest BCUT2D eigenvalue weighted by molar-refractivity contribution is 4.91. The van der Waals surface area contributed by atoms with Gasteiger partial charge in [0.15, 0.2) is 0 Å². The highest BCUT2D eigenvalue weighted by Crippen LogP contribution is 2.31. The first-order valence-corrected chi connectivity index (χ1v) is 9.16. The lowest BCUT2D eigenvalue weighted by Gasteiger charge is -2.41. The summed E-state index contributed by atoms with van der Waals surface area (Å²) in [7, 11) is 2.31. The third kappa shape index (κ3) is 6.13. The van der Waals surface area contributed by atoms with Crippen LogP contribution in [0.3, 0.4) is 0 Å². The molecule has 0 spiro atoms. The van der Waals surface area contributed by atoms with Gasteiger partial charge in [0.25, 0.3) is 0 Å². The van der Waals surface area contributed by atoms with Crippen molar-refractivity contribution in [3.63, 3.8) is 0 Å². The summed E-state index contributed by atoms with van der Waals surface area (Å²) in [5.74, 6) is 0. The van der Waals surface area contributed by atoms with E-state index in [-0.39, 0.29) is 0 Å². The topological polar surface area (TPSA) is 29.3 Å². The van der Waals surface area contributed by atoms with Crippen LogP contribution in [-0.2, 0) is 0 Å². The molecule has 2 N–H and O–H groups in total. The predicted octanol–water partition coefficient (Wildman–Crippen LogP) is 4.72. The van der Waals surface area contributed by atoms with E-state index >= 15 is 0 Å². The van der Waals surface area contributed by atoms with Crippen molar-refractivity contribution < 1.29 is 0 Å². The van der Waals surface area contributed by atoms with E-state index in [0.29, 0.717) is 5.54 Å². The van der Waals surface area contributed by atoms with E-state index in [1.54, 1.807) is 0 Å². The van der Waals surface area contributed by atoms with Gasteiger partial charge < -0.3 is 5.73 Å². The molecule has 2 heteroatoms. The van der Waals surface area contributed by atoms with Crippen molar-refractivity contribution >= 4 is 0 Å². The summed E-state index contributed by atoms with van der Waals surface area (Å²) >= 11 is 0. The minimum absolute atomic E-state index is 0.318. The number of likely N-dealkylation sites (N-methyl/N-ethyl adjacent to an activating group) is 1. The Hall–Kier alpha value is -0.0800. The number of hydrogen-bond donors (Lipinski definition) is 1. The van der Waals surface area contributed by atoms with Crippen LogP contribution in [0.15, 0.2) is 0 Å². The van der Waals surface area contributed by atoms with Gasteiger partial charge in [-0.15, -0.1) is 0 Å². The largest absolute Gasteiger partial charge is 0.329 e. The second kappa shape index (κ2) is 10.6. The Morgan fingerprint density at radius 2 is 1.40 bits per heavy atom. The van der Waals surface area contributed by atoms with Gasteiger partial charge in [0, 0.05) is 12.1 Å². The van der Waals surface area contributed by atoms with Gasteiger partial charge in [-0.3, -0.25) is 4.90 Å². The molecule has 0 aromatic heterocycles. The molecule has 20 heavy (non-hydrogen) atoms. The lowest BCUT2D eigenvalue weighted by atomic mass is 9.88. The normalized spacial score (nSPS) is 19.2. The van der Waals surface area contributed by atoms with Crippen LogP contribution < -0.4 is 5.73 Å². The second-order valence-electron chi connectivity index (χ2n) is 6.89. The first-order chi connectivity index (χ1) is 9.75. The monoisotopic (exact) mass is 282 g/mol. The molecule has 120 valence electrons. The Balaban J connectivity index is 2.20. The maximum absolute atomic E-state index is 6.15. The molecule has 1 rings (SSSR count). The van der Waals surface area contributed by atoms with Crippen LogP contribution in [0.4, 0.5) is 0 Å². The Morgan fingerprint density at radius 1 is 0.850 bits per heavy atom. The molecule has 0 bridgehead atoms. The Morgan fingerprint density at radius 3 is 1.95 bits per heavy atom. The van der Waals surface area contributed by atoms with Crippen molar-refractivity contribution in [3.8, 4) is 0 Å². The van der Waals surface area contributed by atoms with E-state index in [1.807, 2.05) is 0 Å². The molecule has 0 amide bonds. The molecule has 1 aliphatic rings.